The van der Waals surface area contributed by atoms with Crippen molar-refractivity contribution in [2.75, 3.05) is 5.75 Å². The molecule has 3 nitrogen and oxygen atoms in total. The lowest BCUT2D eigenvalue weighted by molar-refractivity contribution is 0.542. The van der Waals surface area contributed by atoms with E-state index >= 15 is 0 Å². The monoisotopic (exact) mass is 282 g/mol. The standard InChI is InChI=1S/C13H18N2OS2/c1-9(14)5-7-17-8-11-10(2)16-13(15-11)12-4-3-6-18-12/h3-4,6,9H,5,7-8,14H2,1-2H3. The van der Waals surface area contributed by atoms with E-state index in [9.17, 15) is 0 Å². The molecule has 0 saturated heterocycles. The Morgan fingerprint density at radius 2 is 2.39 bits per heavy atom. The first-order valence-corrected chi connectivity index (χ1v) is 8.03. The number of aromatic nitrogens is 1. The Labute approximate surface area is 116 Å². The molecule has 0 bridgehead atoms. The van der Waals surface area contributed by atoms with Crippen LogP contribution in [0.3, 0.4) is 0 Å². The summed E-state index contributed by atoms with van der Waals surface area (Å²) in [6.07, 6.45) is 1.04. The van der Waals surface area contributed by atoms with Crippen LogP contribution in [0.4, 0.5) is 0 Å². The molecule has 2 heterocycles. The molecule has 1 atom stereocenters. The van der Waals surface area contributed by atoms with Gasteiger partial charge in [-0.1, -0.05) is 6.07 Å². The van der Waals surface area contributed by atoms with Crippen molar-refractivity contribution in [2.45, 2.75) is 32.1 Å². The number of hydrogen-bond acceptors (Lipinski definition) is 5. The SMILES string of the molecule is Cc1oc(-c2cccs2)nc1CSCCC(C)N. The zero-order chi connectivity index (χ0) is 13.0. The minimum Gasteiger partial charge on any atom is -0.440 e. The van der Waals surface area contributed by atoms with E-state index in [0.29, 0.717) is 0 Å². The molecule has 0 fully saturated rings. The summed E-state index contributed by atoms with van der Waals surface area (Å²) in [6.45, 7) is 4.02. The maximum absolute atomic E-state index is 5.72. The van der Waals surface area contributed by atoms with Crippen molar-refractivity contribution in [3.63, 3.8) is 0 Å². The van der Waals surface area contributed by atoms with Gasteiger partial charge in [0.25, 0.3) is 0 Å². The van der Waals surface area contributed by atoms with Crippen LogP contribution in [-0.4, -0.2) is 16.8 Å². The molecule has 2 N–H and O–H groups in total. The van der Waals surface area contributed by atoms with E-state index in [1.54, 1.807) is 11.3 Å². The largest absolute Gasteiger partial charge is 0.440 e. The first kappa shape index (κ1) is 13.6. The van der Waals surface area contributed by atoms with Gasteiger partial charge in [0.1, 0.15) is 5.76 Å². The quantitative estimate of drug-likeness (QED) is 0.821. The van der Waals surface area contributed by atoms with Gasteiger partial charge in [-0.3, -0.25) is 0 Å². The molecular formula is C13H18N2OS2. The van der Waals surface area contributed by atoms with Gasteiger partial charge in [0.05, 0.1) is 10.6 Å². The Bertz CT molecular complexity index is 477. The molecular weight excluding hydrogens is 264 g/mol. The summed E-state index contributed by atoms with van der Waals surface area (Å²) < 4.78 is 5.70. The molecule has 1 unspecified atom stereocenters. The van der Waals surface area contributed by atoms with Crippen molar-refractivity contribution in [3.05, 3.63) is 29.0 Å². The van der Waals surface area contributed by atoms with Crippen molar-refractivity contribution in [3.8, 4) is 10.8 Å². The molecule has 2 aromatic heterocycles. The molecule has 2 aromatic rings. The summed E-state index contributed by atoms with van der Waals surface area (Å²) in [7, 11) is 0. The first-order valence-electron chi connectivity index (χ1n) is 6.00. The molecule has 0 radical (unpaired) electrons. The molecule has 5 heteroatoms. The first-order chi connectivity index (χ1) is 8.66. The minimum absolute atomic E-state index is 0.276. The highest BCUT2D eigenvalue weighted by atomic mass is 32.2. The molecule has 0 aliphatic rings. The highest BCUT2D eigenvalue weighted by molar-refractivity contribution is 7.98. The third kappa shape index (κ3) is 3.60. The van der Waals surface area contributed by atoms with Crippen LogP contribution in [0.15, 0.2) is 21.9 Å². The van der Waals surface area contributed by atoms with Crippen LogP contribution in [0.5, 0.6) is 0 Å². The lowest BCUT2D eigenvalue weighted by Gasteiger charge is -2.03. The van der Waals surface area contributed by atoms with Gasteiger partial charge in [0.15, 0.2) is 0 Å². The number of nitrogens with two attached hydrogens (primary N) is 1. The van der Waals surface area contributed by atoms with Crippen molar-refractivity contribution in [2.24, 2.45) is 5.73 Å². The van der Waals surface area contributed by atoms with Crippen LogP contribution >= 0.6 is 23.1 Å². The normalized spacial score (nSPS) is 12.8. The fourth-order valence-corrected chi connectivity index (χ4v) is 3.30. The smallest absolute Gasteiger partial charge is 0.236 e. The lowest BCUT2D eigenvalue weighted by atomic mass is 10.3. The molecule has 2 rings (SSSR count). The Balaban J connectivity index is 1.93. The number of hydrogen-bond donors (Lipinski definition) is 1. The van der Waals surface area contributed by atoms with Crippen molar-refractivity contribution in [1.29, 1.82) is 0 Å². The van der Waals surface area contributed by atoms with Gasteiger partial charge in [-0.2, -0.15) is 11.8 Å². The van der Waals surface area contributed by atoms with Gasteiger partial charge < -0.3 is 10.2 Å². The van der Waals surface area contributed by atoms with Crippen LogP contribution in [0.25, 0.3) is 10.8 Å². The van der Waals surface area contributed by atoms with E-state index in [4.69, 9.17) is 10.2 Å². The number of oxazole rings is 1. The second-order valence-electron chi connectivity index (χ2n) is 4.32. The minimum atomic E-state index is 0.276. The van der Waals surface area contributed by atoms with E-state index in [-0.39, 0.29) is 6.04 Å². The van der Waals surface area contributed by atoms with E-state index < -0.39 is 0 Å². The molecule has 0 spiro atoms. The third-order valence-electron chi connectivity index (χ3n) is 2.58. The molecule has 98 valence electrons. The fraction of sp³-hybridized carbons (Fsp3) is 0.462. The Morgan fingerprint density at radius 3 is 3.06 bits per heavy atom. The zero-order valence-corrected chi connectivity index (χ0v) is 12.3. The van der Waals surface area contributed by atoms with Crippen LogP contribution < -0.4 is 5.73 Å². The number of nitrogens with zero attached hydrogens (tertiary/aromatic N) is 1. The molecule has 0 aromatic carbocycles. The second-order valence-corrected chi connectivity index (χ2v) is 6.37. The molecule has 0 saturated carbocycles. The number of rotatable bonds is 6. The number of thioether (sulfide) groups is 1. The predicted molar refractivity (Wildman–Crippen MR) is 79.0 cm³/mol. The lowest BCUT2D eigenvalue weighted by Crippen LogP contribution is -2.15. The molecule has 18 heavy (non-hydrogen) atoms. The van der Waals surface area contributed by atoms with Gasteiger partial charge in [0.2, 0.25) is 5.89 Å². The Morgan fingerprint density at radius 1 is 1.56 bits per heavy atom. The van der Waals surface area contributed by atoms with E-state index in [1.807, 2.05) is 43.1 Å². The summed E-state index contributed by atoms with van der Waals surface area (Å²) in [4.78, 5) is 5.65. The van der Waals surface area contributed by atoms with Gasteiger partial charge in [0, 0.05) is 11.8 Å². The summed E-state index contributed by atoms with van der Waals surface area (Å²) in [5.74, 6) is 3.63. The fourth-order valence-electron chi connectivity index (χ4n) is 1.51. The van der Waals surface area contributed by atoms with Crippen molar-refractivity contribution < 1.29 is 4.42 Å². The van der Waals surface area contributed by atoms with E-state index in [2.05, 4.69) is 4.98 Å². The van der Waals surface area contributed by atoms with Crippen LogP contribution in [-0.2, 0) is 5.75 Å². The molecule has 0 aliphatic heterocycles. The van der Waals surface area contributed by atoms with E-state index in [0.717, 1.165) is 40.1 Å². The highest BCUT2D eigenvalue weighted by Crippen LogP contribution is 2.27. The van der Waals surface area contributed by atoms with Gasteiger partial charge in [-0.15, -0.1) is 11.3 Å². The maximum atomic E-state index is 5.72. The summed E-state index contributed by atoms with van der Waals surface area (Å²) >= 11 is 3.51. The number of thiophene rings is 1. The van der Waals surface area contributed by atoms with E-state index in [1.165, 1.54) is 0 Å². The average molecular weight is 282 g/mol. The zero-order valence-electron chi connectivity index (χ0n) is 10.7. The van der Waals surface area contributed by atoms with Gasteiger partial charge in [-0.05, 0) is 37.5 Å². The van der Waals surface area contributed by atoms with Gasteiger partial charge in [-0.25, -0.2) is 4.98 Å². The molecule has 0 aliphatic carbocycles. The average Bonchev–Trinajstić information content (AvgIpc) is 2.93. The van der Waals surface area contributed by atoms with Crippen molar-refractivity contribution >= 4 is 23.1 Å². The summed E-state index contributed by atoms with van der Waals surface area (Å²) in [5, 5.41) is 2.03. The Hall–Kier alpha value is -0.780. The van der Waals surface area contributed by atoms with Crippen LogP contribution in [0.2, 0.25) is 0 Å². The summed E-state index contributed by atoms with van der Waals surface area (Å²) in [5.41, 5.74) is 6.77. The summed E-state index contributed by atoms with van der Waals surface area (Å²) in [6, 6.07) is 4.32. The maximum Gasteiger partial charge on any atom is 0.236 e. The highest BCUT2D eigenvalue weighted by Gasteiger charge is 2.11. The second kappa shape index (κ2) is 6.41. The number of aryl methyl sites for hydroxylation is 1. The van der Waals surface area contributed by atoms with Crippen LogP contribution in [0, 0.1) is 6.92 Å². The topological polar surface area (TPSA) is 52.0 Å². The van der Waals surface area contributed by atoms with Crippen LogP contribution in [0.1, 0.15) is 24.8 Å². The van der Waals surface area contributed by atoms with Gasteiger partial charge >= 0.3 is 0 Å². The third-order valence-corrected chi connectivity index (χ3v) is 4.44. The van der Waals surface area contributed by atoms with Crippen molar-refractivity contribution in [1.82, 2.24) is 4.98 Å². The Kier molecular flexibility index (Phi) is 4.86. The molecule has 0 amide bonds. The predicted octanol–water partition coefficient (Wildman–Crippen LogP) is 3.68.